The molecule has 0 saturated heterocycles. The fourth-order valence-electron chi connectivity index (χ4n) is 1.99. The molecule has 0 aliphatic rings. The Morgan fingerprint density at radius 3 is 2.44 bits per heavy atom. The number of alkyl halides is 1. The lowest BCUT2D eigenvalue weighted by atomic mass is 10.2. The molecule has 0 saturated carbocycles. The van der Waals surface area contributed by atoms with Gasteiger partial charge in [0.25, 0.3) is 0 Å². The smallest absolute Gasteiger partial charge is 0.0767 e. The van der Waals surface area contributed by atoms with Crippen LogP contribution >= 0.6 is 31.9 Å². The number of halogens is 2. The molecule has 3 nitrogen and oxygen atoms in total. The molecule has 0 fully saturated rings. The molecule has 1 aromatic heterocycles. The minimum Gasteiger partial charge on any atom is -0.294 e. The third kappa shape index (κ3) is 3.81. The zero-order valence-electron chi connectivity index (χ0n) is 11.7. The minimum absolute atomic E-state index is 0.541. The predicted octanol–water partition coefficient (Wildman–Crippen LogP) is 3.83. The highest BCUT2D eigenvalue weighted by Gasteiger charge is 2.18. The summed E-state index contributed by atoms with van der Waals surface area (Å²) < 4.78 is 3.30. The van der Waals surface area contributed by atoms with Crippen molar-refractivity contribution in [3.8, 4) is 0 Å². The van der Waals surface area contributed by atoms with Crippen molar-refractivity contribution >= 4 is 31.9 Å². The molecule has 0 aliphatic heterocycles. The first-order valence-electron chi connectivity index (χ1n) is 6.59. The van der Waals surface area contributed by atoms with Crippen molar-refractivity contribution in [2.24, 2.45) is 0 Å². The van der Waals surface area contributed by atoms with E-state index in [2.05, 4.69) is 74.2 Å². The molecule has 0 spiro atoms. The second-order valence-electron chi connectivity index (χ2n) is 4.63. The lowest BCUT2D eigenvalue weighted by molar-refractivity contribution is 0.220. The van der Waals surface area contributed by atoms with Crippen molar-refractivity contribution in [1.29, 1.82) is 0 Å². The number of nitrogens with zero attached hydrogens (tertiary/aromatic N) is 3. The topological polar surface area (TPSA) is 21.1 Å². The maximum Gasteiger partial charge on any atom is 0.0767 e. The highest BCUT2D eigenvalue weighted by molar-refractivity contribution is 9.10. The van der Waals surface area contributed by atoms with Crippen LogP contribution in [0.2, 0.25) is 0 Å². The Labute approximate surface area is 127 Å². The zero-order valence-corrected chi connectivity index (χ0v) is 14.9. The van der Waals surface area contributed by atoms with Gasteiger partial charge in [-0.15, -0.1) is 0 Å². The van der Waals surface area contributed by atoms with Gasteiger partial charge in [0.15, 0.2) is 0 Å². The Hall–Kier alpha value is 0.130. The van der Waals surface area contributed by atoms with Gasteiger partial charge in [0.2, 0.25) is 0 Å². The zero-order chi connectivity index (χ0) is 13.7. The number of aryl methyl sites for hydroxylation is 2. The summed E-state index contributed by atoms with van der Waals surface area (Å²) in [4.78, 5) is 2.46. The van der Waals surface area contributed by atoms with Gasteiger partial charge in [0.05, 0.1) is 15.9 Å². The molecule has 1 heterocycles. The third-order valence-corrected chi connectivity index (χ3v) is 4.42. The summed E-state index contributed by atoms with van der Waals surface area (Å²) in [5, 5.41) is 5.65. The van der Waals surface area contributed by atoms with E-state index in [9.17, 15) is 0 Å². The summed E-state index contributed by atoms with van der Waals surface area (Å²) in [5.41, 5.74) is 2.46. The quantitative estimate of drug-likeness (QED) is 0.670. The molecule has 0 unspecified atom stereocenters. The van der Waals surface area contributed by atoms with Crippen LogP contribution in [0.15, 0.2) is 4.47 Å². The average Bonchev–Trinajstić information content (AvgIpc) is 2.65. The fraction of sp³-hybridized carbons (Fsp3) is 0.769. The molecule has 0 atom stereocenters. The molecule has 18 heavy (non-hydrogen) atoms. The lowest BCUT2D eigenvalue weighted by Crippen LogP contribution is -2.33. The summed E-state index contributed by atoms with van der Waals surface area (Å²) in [7, 11) is 0. The second-order valence-corrected chi connectivity index (χ2v) is 6.22. The van der Waals surface area contributed by atoms with Crippen molar-refractivity contribution in [2.45, 2.75) is 53.2 Å². The summed E-state index contributed by atoms with van der Waals surface area (Å²) in [5.74, 6) is 0. The first-order valence-corrected chi connectivity index (χ1v) is 8.50. The summed E-state index contributed by atoms with van der Waals surface area (Å²) in [6.07, 6.45) is 0.973. The third-order valence-electron chi connectivity index (χ3n) is 3.15. The van der Waals surface area contributed by atoms with E-state index in [4.69, 9.17) is 0 Å². The van der Waals surface area contributed by atoms with Crippen LogP contribution in [0, 0.1) is 0 Å². The largest absolute Gasteiger partial charge is 0.294 e. The average molecular weight is 381 g/mol. The normalized spacial score (nSPS) is 11.8. The molecule has 1 aromatic rings. The van der Waals surface area contributed by atoms with E-state index in [1.807, 2.05) is 0 Å². The number of hydrogen-bond acceptors (Lipinski definition) is 2. The summed E-state index contributed by atoms with van der Waals surface area (Å²) in [6.45, 7) is 11.7. The second kappa shape index (κ2) is 7.65. The van der Waals surface area contributed by atoms with E-state index >= 15 is 0 Å². The van der Waals surface area contributed by atoms with Gasteiger partial charge in [-0.05, 0) is 43.1 Å². The van der Waals surface area contributed by atoms with Crippen molar-refractivity contribution in [1.82, 2.24) is 14.7 Å². The maximum atomic E-state index is 4.65. The molecule has 5 heteroatoms. The fourth-order valence-corrected chi connectivity index (χ4v) is 3.13. The van der Waals surface area contributed by atoms with E-state index < -0.39 is 0 Å². The molecule has 0 radical (unpaired) electrons. The van der Waals surface area contributed by atoms with Crippen LogP contribution in [0.25, 0.3) is 0 Å². The molecule has 0 N–H and O–H groups in total. The number of hydrogen-bond donors (Lipinski definition) is 0. The van der Waals surface area contributed by atoms with Crippen LogP contribution in [0.4, 0.5) is 0 Å². The van der Waals surface area contributed by atoms with Gasteiger partial charge in [-0.25, -0.2) is 0 Å². The van der Waals surface area contributed by atoms with Crippen LogP contribution in [0.1, 0.15) is 39.1 Å². The predicted molar refractivity (Wildman–Crippen MR) is 84.3 cm³/mol. The van der Waals surface area contributed by atoms with Crippen molar-refractivity contribution in [3.63, 3.8) is 0 Å². The minimum atomic E-state index is 0.541. The standard InChI is InChI=1S/C13H23Br2N3/c1-5-11-13(15)12(18(6-2)16-11)9-17(8-7-14)10(3)4/h10H,5-9H2,1-4H3. The Balaban J connectivity index is 2.96. The van der Waals surface area contributed by atoms with Crippen molar-refractivity contribution in [2.75, 3.05) is 11.9 Å². The van der Waals surface area contributed by atoms with E-state index in [1.54, 1.807) is 0 Å². The first-order chi connectivity index (χ1) is 8.54. The molecule has 1 rings (SSSR count). The Morgan fingerprint density at radius 1 is 1.33 bits per heavy atom. The SMILES string of the molecule is CCc1nn(CC)c(CN(CCBr)C(C)C)c1Br. The molecule has 0 amide bonds. The van der Waals surface area contributed by atoms with Gasteiger partial charge in [-0.1, -0.05) is 22.9 Å². The summed E-state index contributed by atoms with van der Waals surface area (Å²) in [6, 6.07) is 0.541. The molecule has 0 aliphatic carbocycles. The first kappa shape index (κ1) is 16.2. The summed E-state index contributed by atoms with van der Waals surface area (Å²) >= 11 is 7.24. The van der Waals surface area contributed by atoms with Crippen LogP contribution < -0.4 is 0 Å². The van der Waals surface area contributed by atoms with Gasteiger partial charge in [-0.3, -0.25) is 9.58 Å². The number of aromatic nitrogens is 2. The molecular weight excluding hydrogens is 358 g/mol. The van der Waals surface area contributed by atoms with Crippen molar-refractivity contribution in [3.05, 3.63) is 15.9 Å². The number of rotatable bonds is 7. The van der Waals surface area contributed by atoms with Gasteiger partial charge < -0.3 is 0 Å². The van der Waals surface area contributed by atoms with E-state index in [0.29, 0.717) is 6.04 Å². The lowest BCUT2D eigenvalue weighted by Gasteiger charge is -2.26. The van der Waals surface area contributed by atoms with Crippen molar-refractivity contribution < 1.29 is 0 Å². The van der Waals surface area contributed by atoms with E-state index in [1.165, 1.54) is 10.2 Å². The Bertz CT molecular complexity index is 375. The van der Waals surface area contributed by atoms with Gasteiger partial charge >= 0.3 is 0 Å². The van der Waals surface area contributed by atoms with Gasteiger partial charge in [0.1, 0.15) is 0 Å². The monoisotopic (exact) mass is 379 g/mol. The van der Waals surface area contributed by atoms with E-state index in [0.717, 1.165) is 37.1 Å². The molecule has 104 valence electrons. The van der Waals surface area contributed by atoms with Crippen LogP contribution in [-0.4, -0.2) is 32.6 Å². The highest BCUT2D eigenvalue weighted by Crippen LogP contribution is 2.24. The maximum absolute atomic E-state index is 4.65. The van der Waals surface area contributed by atoms with Crippen LogP contribution in [-0.2, 0) is 19.5 Å². The molecule has 0 aromatic carbocycles. The Morgan fingerprint density at radius 2 is 2.00 bits per heavy atom. The highest BCUT2D eigenvalue weighted by atomic mass is 79.9. The van der Waals surface area contributed by atoms with Gasteiger partial charge in [-0.2, -0.15) is 5.10 Å². The van der Waals surface area contributed by atoms with Crippen LogP contribution in [0.3, 0.4) is 0 Å². The van der Waals surface area contributed by atoms with Crippen LogP contribution in [0.5, 0.6) is 0 Å². The molecule has 0 bridgehead atoms. The van der Waals surface area contributed by atoms with E-state index in [-0.39, 0.29) is 0 Å². The molecular formula is C13H23Br2N3. The Kier molecular flexibility index (Phi) is 6.88. The van der Waals surface area contributed by atoms with Gasteiger partial charge in [0, 0.05) is 31.0 Å².